The van der Waals surface area contributed by atoms with Crippen LogP contribution in [-0.2, 0) is 0 Å². The summed E-state index contributed by atoms with van der Waals surface area (Å²) in [5, 5.41) is 22.5. The maximum atomic E-state index is 6.56. The van der Waals surface area contributed by atoms with E-state index in [0.29, 0.717) is 23.3 Å². The van der Waals surface area contributed by atoms with E-state index in [1.807, 2.05) is 78.9 Å². The highest BCUT2D eigenvalue weighted by molar-refractivity contribution is 9.10. The van der Waals surface area contributed by atoms with Crippen LogP contribution in [0, 0.1) is 0 Å². The Kier molecular flexibility index (Phi) is 13.6. The molecule has 0 saturated carbocycles. The summed E-state index contributed by atoms with van der Waals surface area (Å²) in [5.74, 6) is 1.15. The van der Waals surface area contributed by atoms with E-state index in [1.54, 1.807) is 0 Å². The van der Waals surface area contributed by atoms with Crippen molar-refractivity contribution in [1.82, 2.24) is 38.6 Å². The molecule has 0 fully saturated rings. The van der Waals surface area contributed by atoms with Gasteiger partial charge in [-0.05, 0) is 59.3 Å². The van der Waals surface area contributed by atoms with Crippen molar-refractivity contribution in [2.75, 3.05) is 0 Å². The lowest BCUT2D eigenvalue weighted by atomic mass is 9.98. The molecule has 0 aliphatic heterocycles. The molecule has 0 radical (unpaired) electrons. The predicted molar refractivity (Wildman–Crippen MR) is 446 cm³/mol. The molecule has 1 N–H and O–H groups in total. The van der Waals surface area contributed by atoms with E-state index in [4.69, 9.17) is 28.8 Å². The van der Waals surface area contributed by atoms with Crippen molar-refractivity contribution in [3.63, 3.8) is 0 Å². The molecule has 0 amide bonds. The topological polar surface area (TPSA) is 108 Å². The van der Waals surface area contributed by atoms with Gasteiger partial charge in [0.15, 0.2) is 0 Å². The van der Waals surface area contributed by atoms with Gasteiger partial charge < -0.3 is 18.4 Å². The van der Waals surface area contributed by atoms with Crippen molar-refractivity contribution in [2.45, 2.75) is 0 Å². The minimum atomic E-state index is 0.566. The average molecular weight is 1430 g/mol. The van der Waals surface area contributed by atoms with E-state index in [0.717, 1.165) is 152 Å². The number of nitrogens with zero attached hydrogens (tertiary/aromatic N) is 7. The van der Waals surface area contributed by atoms with Crippen LogP contribution in [0.15, 0.2) is 353 Å². The van der Waals surface area contributed by atoms with Gasteiger partial charge >= 0.3 is 0 Å². The van der Waals surface area contributed by atoms with Gasteiger partial charge in [0, 0.05) is 113 Å². The fourth-order valence-electron chi connectivity index (χ4n) is 17.0. The number of fused-ring (bicyclic) bond motifs is 30. The zero-order valence-corrected chi connectivity index (χ0v) is 58.7. The lowest BCUT2D eigenvalue weighted by Gasteiger charge is -2.13. The molecule has 24 aromatic rings. The first-order valence-electron chi connectivity index (χ1n) is 35.9. The van der Waals surface area contributed by atoms with Crippen molar-refractivity contribution in [3.8, 4) is 40.1 Å². The molecule has 8 aromatic heterocycles. The van der Waals surface area contributed by atoms with Crippen LogP contribution in [-0.4, -0.2) is 38.6 Å². The molecule has 16 aromatic carbocycles. The Hall–Kier alpha value is -14.0. The van der Waals surface area contributed by atoms with Gasteiger partial charge in [-0.25, -0.2) is 9.97 Å². The van der Waals surface area contributed by atoms with Crippen LogP contribution in [0.2, 0.25) is 0 Å². The van der Waals surface area contributed by atoms with Gasteiger partial charge in [0.2, 0.25) is 23.3 Å². The first kappa shape index (κ1) is 60.6. The Morgan fingerprint density at radius 1 is 0.262 bits per heavy atom. The fourth-order valence-corrected chi connectivity index (χ4v) is 17.3. The van der Waals surface area contributed by atoms with Crippen LogP contribution in [0.1, 0.15) is 0 Å². The first-order chi connectivity index (χ1) is 53.1. The summed E-state index contributed by atoms with van der Waals surface area (Å²) in [6, 6.07) is 119. The predicted octanol–water partition coefficient (Wildman–Crippen LogP) is 26.1. The quantitative estimate of drug-likeness (QED) is 0.184. The second-order valence-electron chi connectivity index (χ2n) is 27.2. The third-order valence-corrected chi connectivity index (χ3v) is 21.9. The number of nitrogens with one attached hydrogen (secondary N) is 1. The number of rotatable bonds is 5. The van der Waals surface area contributed by atoms with Crippen molar-refractivity contribution in [2.24, 2.45) is 0 Å². The van der Waals surface area contributed by atoms with Crippen LogP contribution >= 0.6 is 15.9 Å². The molecular weight excluding hydrogens is 1380 g/mol. The van der Waals surface area contributed by atoms with Gasteiger partial charge in [0.25, 0.3) is 0 Å². The molecule has 500 valence electrons. The standard InChI is InChI=1S/C48H28N4O.C42H24N4O.C6H5Br/c1-3-16-30(17-4-1)43-42-36-24-12-14-26-39(36)53-47(42)50-48(49-43)52-44-32-20-8-7-15-29(32)27-28-37(44)41-40-35-23-11-13-25-38(35)51(31-18-5-2-6-19-31)45(40)33-21-9-10-22-34(33)46(41)52;1-2-13-25(14-3-1)37-36-30-19-9-11-21-33(30)47-41(36)45-42(44-37)46-39-26-15-5-4-12-24(26)22-23-31(39)35-34-29-18-8-10-20-32(29)43-38(34)27-16-6-7-17-28(27)40(35)46;7-6-4-2-1-3-5-6/h1-28H;1-23,43H;1-5H. The smallest absolute Gasteiger partial charge is 0.238 e. The number of aromatic nitrogens is 8. The monoisotopic (exact) mass is 1430 g/mol. The number of para-hydroxylation sites is 5. The molecule has 8 heterocycles. The summed E-state index contributed by atoms with van der Waals surface area (Å²) >= 11 is 3.31. The molecular formula is C96H57BrN8O2. The van der Waals surface area contributed by atoms with Crippen LogP contribution in [0.25, 0.3) is 215 Å². The Morgan fingerprint density at radius 3 is 1.16 bits per heavy atom. The lowest BCUT2D eigenvalue weighted by molar-refractivity contribution is 0.651. The zero-order chi connectivity index (χ0) is 70.4. The lowest BCUT2D eigenvalue weighted by Crippen LogP contribution is -2.03. The molecule has 0 spiro atoms. The van der Waals surface area contributed by atoms with Crippen LogP contribution in [0.5, 0.6) is 0 Å². The zero-order valence-electron chi connectivity index (χ0n) is 57.2. The molecule has 10 nitrogen and oxygen atoms in total. The first-order valence-corrected chi connectivity index (χ1v) is 36.7. The number of hydrogen-bond acceptors (Lipinski definition) is 6. The number of halogens is 1. The highest BCUT2D eigenvalue weighted by atomic mass is 79.9. The summed E-state index contributed by atoms with van der Waals surface area (Å²) in [5.41, 5.74) is 16.5. The van der Waals surface area contributed by atoms with E-state index in [1.165, 1.54) is 43.4 Å². The average Bonchev–Trinajstić information content (AvgIpc) is 1.53. The van der Waals surface area contributed by atoms with Crippen molar-refractivity contribution >= 4 is 190 Å². The van der Waals surface area contributed by atoms with Gasteiger partial charge in [-0.15, -0.1) is 0 Å². The Morgan fingerprint density at radius 2 is 0.645 bits per heavy atom. The van der Waals surface area contributed by atoms with E-state index < -0.39 is 0 Å². The van der Waals surface area contributed by atoms with E-state index in [-0.39, 0.29) is 0 Å². The number of hydrogen-bond donors (Lipinski definition) is 1. The minimum absolute atomic E-state index is 0.566. The Bertz CT molecular complexity index is 7770. The fraction of sp³-hybridized carbons (Fsp3) is 0. The SMILES string of the molecule is Brc1ccccc1.c1ccc(-c2nc(-n3c4c5ccccc5ccc4c4c5c6ccccc6[nH]c5c5ccccc5c43)nc3oc4ccccc4c23)cc1.c1ccc(-c2nc(-n3c4c5ccccc5ccc4c4c5c6ccccc6n(-c6ccccc6)c5c5ccccc5c43)nc3oc4ccccc4c23)cc1. The van der Waals surface area contributed by atoms with Gasteiger partial charge in [0.05, 0.1) is 60.8 Å². The summed E-state index contributed by atoms with van der Waals surface area (Å²) in [4.78, 5) is 25.4. The van der Waals surface area contributed by atoms with Crippen molar-refractivity contribution in [3.05, 3.63) is 344 Å². The Labute approximate surface area is 618 Å². The van der Waals surface area contributed by atoms with Crippen LogP contribution in [0.4, 0.5) is 0 Å². The molecule has 0 aliphatic carbocycles. The maximum Gasteiger partial charge on any atom is 0.238 e. The molecule has 0 saturated heterocycles. The van der Waals surface area contributed by atoms with E-state index in [9.17, 15) is 0 Å². The van der Waals surface area contributed by atoms with Crippen LogP contribution in [0.3, 0.4) is 0 Å². The number of furan rings is 2. The second-order valence-corrected chi connectivity index (χ2v) is 28.2. The van der Waals surface area contributed by atoms with Gasteiger partial charge in [-0.3, -0.25) is 9.13 Å². The molecule has 0 atom stereocenters. The third-order valence-electron chi connectivity index (χ3n) is 21.4. The van der Waals surface area contributed by atoms with Crippen molar-refractivity contribution < 1.29 is 8.83 Å². The molecule has 107 heavy (non-hydrogen) atoms. The van der Waals surface area contributed by atoms with E-state index >= 15 is 0 Å². The molecule has 24 rings (SSSR count). The molecule has 0 bridgehead atoms. The summed E-state index contributed by atoms with van der Waals surface area (Å²) in [7, 11) is 0. The normalized spacial score (nSPS) is 12.0. The van der Waals surface area contributed by atoms with Gasteiger partial charge in [-0.1, -0.05) is 307 Å². The molecule has 0 unspecified atom stereocenters. The number of benzene rings is 16. The number of H-pyrrole nitrogens is 1. The number of aromatic amines is 1. The van der Waals surface area contributed by atoms with E-state index in [2.05, 4.69) is 295 Å². The van der Waals surface area contributed by atoms with Crippen LogP contribution < -0.4 is 0 Å². The highest BCUT2D eigenvalue weighted by Gasteiger charge is 2.30. The maximum absolute atomic E-state index is 6.56. The summed E-state index contributed by atoms with van der Waals surface area (Å²) < 4.78 is 21.2. The summed E-state index contributed by atoms with van der Waals surface area (Å²) in [6.45, 7) is 0. The van der Waals surface area contributed by atoms with Gasteiger partial charge in [-0.2, -0.15) is 9.97 Å². The second kappa shape index (κ2) is 24.0. The Balaban J connectivity index is 0.000000123. The van der Waals surface area contributed by atoms with Crippen molar-refractivity contribution in [1.29, 1.82) is 0 Å². The molecule has 0 aliphatic rings. The highest BCUT2D eigenvalue weighted by Crippen LogP contribution is 2.51. The minimum Gasteiger partial charge on any atom is -0.437 e. The molecule has 11 heteroatoms. The largest absolute Gasteiger partial charge is 0.437 e. The van der Waals surface area contributed by atoms with Gasteiger partial charge in [0.1, 0.15) is 11.2 Å². The third kappa shape index (κ3) is 9.24. The summed E-state index contributed by atoms with van der Waals surface area (Å²) in [6.07, 6.45) is 0.